The third-order valence-electron chi connectivity index (χ3n) is 3.70. The second-order valence-electron chi connectivity index (χ2n) is 5.17. The van der Waals surface area contributed by atoms with Crippen LogP contribution >= 0.6 is 0 Å². The number of nitriles is 1. The molecule has 0 N–H and O–H groups in total. The van der Waals surface area contributed by atoms with Crippen molar-refractivity contribution in [1.82, 2.24) is 14.7 Å². The van der Waals surface area contributed by atoms with Crippen molar-refractivity contribution in [2.75, 3.05) is 37.6 Å². The Labute approximate surface area is 123 Å². The third-order valence-corrected chi connectivity index (χ3v) is 3.70. The first-order chi connectivity index (χ1) is 10.1. The first-order valence-electron chi connectivity index (χ1n) is 7.13. The summed E-state index contributed by atoms with van der Waals surface area (Å²) in [5.41, 5.74) is 0.688. The van der Waals surface area contributed by atoms with Crippen LogP contribution in [-0.2, 0) is 13.5 Å². The Hall–Kier alpha value is -2.14. The summed E-state index contributed by atoms with van der Waals surface area (Å²) < 4.78 is 1.61. The summed E-state index contributed by atoms with van der Waals surface area (Å²) in [6, 6.07) is 2.14. The van der Waals surface area contributed by atoms with Crippen LogP contribution in [0.2, 0.25) is 0 Å². The molecule has 1 fully saturated rings. The maximum absolute atomic E-state index is 11.4. The van der Waals surface area contributed by atoms with Crippen molar-refractivity contribution in [3.05, 3.63) is 15.8 Å². The first-order valence-corrected chi connectivity index (χ1v) is 7.13. The molecule has 8 heteroatoms. The molecule has 0 saturated carbocycles. The van der Waals surface area contributed by atoms with Crippen LogP contribution in [0.5, 0.6) is 0 Å². The summed E-state index contributed by atoms with van der Waals surface area (Å²) in [6.45, 7) is 5.21. The van der Waals surface area contributed by atoms with Crippen LogP contribution in [0.3, 0.4) is 0 Å². The van der Waals surface area contributed by atoms with Gasteiger partial charge in [-0.25, -0.2) is 4.68 Å². The van der Waals surface area contributed by atoms with Crippen LogP contribution in [0.4, 0.5) is 11.5 Å². The maximum atomic E-state index is 11.4. The Morgan fingerprint density at radius 3 is 2.57 bits per heavy atom. The zero-order chi connectivity index (χ0) is 15.4. The largest absolute Gasteiger partial charge is 0.349 e. The molecule has 0 spiro atoms. The molecule has 0 bridgehead atoms. The fourth-order valence-corrected chi connectivity index (χ4v) is 2.72. The van der Waals surface area contributed by atoms with E-state index in [0.29, 0.717) is 37.6 Å². The van der Waals surface area contributed by atoms with Gasteiger partial charge in [-0.05, 0) is 6.42 Å². The highest BCUT2D eigenvalue weighted by Crippen LogP contribution is 2.32. The number of aromatic nitrogens is 2. The van der Waals surface area contributed by atoms with Crippen molar-refractivity contribution < 1.29 is 4.92 Å². The van der Waals surface area contributed by atoms with Gasteiger partial charge < -0.3 is 4.90 Å². The van der Waals surface area contributed by atoms with Gasteiger partial charge in [0.2, 0.25) is 5.82 Å². The minimum atomic E-state index is -0.324. The Morgan fingerprint density at radius 2 is 2.05 bits per heavy atom. The van der Waals surface area contributed by atoms with Crippen molar-refractivity contribution in [2.45, 2.75) is 19.8 Å². The number of hydrogen-bond donors (Lipinski definition) is 0. The van der Waals surface area contributed by atoms with E-state index in [2.05, 4.69) is 11.2 Å². The highest BCUT2D eigenvalue weighted by atomic mass is 16.6. The van der Waals surface area contributed by atoms with E-state index < -0.39 is 0 Å². The average molecular weight is 292 g/mol. The molecule has 1 aromatic heterocycles. The van der Waals surface area contributed by atoms with Gasteiger partial charge in [0.05, 0.1) is 17.5 Å². The van der Waals surface area contributed by atoms with Crippen LogP contribution in [-0.4, -0.2) is 52.3 Å². The normalized spacial score (nSPS) is 16.0. The SMILES string of the molecule is CCCc1nn(C)c(N2CCN(CC#N)CC2)c1[N+](=O)[O-]. The average Bonchev–Trinajstić information content (AvgIpc) is 2.77. The molecular formula is C13H20N6O2. The summed E-state index contributed by atoms with van der Waals surface area (Å²) in [5.74, 6) is 0.583. The second-order valence-corrected chi connectivity index (χ2v) is 5.17. The van der Waals surface area contributed by atoms with E-state index in [1.165, 1.54) is 0 Å². The minimum absolute atomic E-state index is 0.132. The predicted molar refractivity (Wildman–Crippen MR) is 78.1 cm³/mol. The number of anilines is 1. The number of nitro groups is 1. The van der Waals surface area contributed by atoms with Gasteiger partial charge in [-0.3, -0.25) is 15.0 Å². The van der Waals surface area contributed by atoms with E-state index in [4.69, 9.17) is 5.26 Å². The van der Waals surface area contributed by atoms with Gasteiger partial charge in [-0.1, -0.05) is 13.3 Å². The summed E-state index contributed by atoms with van der Waals surface area (Å²) in [7, 11) is 1.75. The molecule has 0 aliphatic carbocycles. The molecule has 0 amide bonds. The Balaban J connectivity index is 2.24. The fraction of sp³-hybridized carbons (Fsp3) is 0.692. The van der Waals surface area contributed by atoms with Crippen LogP contribution < -0.4 is 4.90 Å². The molecule has 1 aliphatic heterocycles. The van der Waals surface area contributed by atoms with E-state index in [1.54, 1.807) is 11.7 Å². The molecule has 1 aliphatic rings. The Bertz CT molecular complexity index is 554. The molecule has 2 heterocycles. The van der Waals surface area contributed by atoms with Gasteiger partial charge in [-0.15, -0.1) is 0 Å². The standard InChI is InChI=1S/C13H20N6O2/c1-3-4-11-12(19(20)21)13(16(2)15-11)18-9-7-17(6-5-14)8-10-18/h3-4,6-10H2,1-2H3. The van der Waals surface area contributed by atoms with Crippen LogP contribution in [0.15, 0.2) is 0 Å². The maximum Gasteiger partial charge on any atom is 0.334 e. The first kappa shape index (κ1) is 15.3. The van der Waals surface area contributed by atoms with Gasteiger partial charge in [0, 0.05) is 33.2 Å². The summed E-state index contributed by atoms with van der Waals surface area (Å²) in [4.78, 5) is 15.1. The molecule has 8 nitrogen and oxygen atoms in total. The molecule has 21 heavy (non-hydrogen) atoms. The van der Waals surface area contributed by atoms with Gasteiger partial charge in [-0.2, -0.15) is 10.4 Å². The van der Waals surface area contributed by atoms with Gasteiger partial charge >= 0.3 is 5.69 Å². The number of aryl methyl sites for hydroxylation is 2. The molecule has 0 aromatic carbocycles. The summed E-state index contributed by atoms with van der Waals surface area (Å²) in [6.07, 6.45) is 1.44. The van der Waals surface area contributed by atoms with E-state index in [-0.39, 0.29) is 10.6 Å². The number of hydrogen-bond acceptors (Lipinski definition) is 6. The fourth-order valence-electron chi connectivity index (χ4n) is 2.72. The number of nitrogens with zero attached hydrogens (tertiary/aromatic N) is 6. The molecule has 0 radical (unpaired) electrons. The van der Waals surface area contributed by atoms with Crippen LogP contribution in [0.25, 0.3) is 0 Å². The van der Waals surface area contributed by atoms with Crippen molar-refractivity contribution >= 4 is 11.5 Å². The molecule has 0 atom stereocenters. The zero-order valence-electron chi connectivity index (χ0n) is 12.4. The summed E-state index contributed by atoms with van der Waals surface area (Å²) in [5, 5.41) is 24.4. The van der Waals surface area contributed by atoms with E-state index in [0.717, 1.165) is 19.5 Å². The number of rotatable bonds is 5. The minimum Gasteiger partial charge on any atom is -0.349 e. The van der Waals surface area contributed by atoms with Crippen LogP contribution in [0.1, 0.15) is 19.0 Å². The molecule has 2 rings (SSSR count). The van der Waals surface area contributed by atoms with E-state index >= 15 is 0 Å². The lowest BCUT2D eigenvalue weighted by Gasteiger charge is -2.33. The second kappa shape index (κ2) is 6.54. The van der Waals surface area contributed by atoms with E-state index in [1.807, 2.05) is 16.7 Å². The van der Waals surface area contributed by atoms with Gasteiger partial charge in [0.15, 0.2) is 0 Å². The highest BCUT2D eigenvalue weighted by Gasteiger charge is 2.31. The highest BCUT2D eigenvalue weighted by molar-refractivity contribution is 5.62. The smallest absolute Gasteiger partial charge is 0.334 e. The van der Waals surface area contributed by atoms with Crippen molar-refractivity contribution in [3.63, 3.8) is 0 Å². The van der Waals surface area contributed by atoms with Crippen molar-refractivity contribution in [2.24, 2.45) is 7.05 Å². The molecule has 1 aromatic rings. The van der Waals surface area contributed by atoms with Crippen molar-refractivity contribution in [1.29, 1.82) is 5.26 Å². The van der Waals surface area contributed by atoms with E-state index in [9.17, 15) is 10.1 Å². The molecule has 1 saturated heterocycles. The quantitative estimate of drug-likeness (QED) is 0.455. The molecular weight excluding hydrogens is 272 g/mol. The monoisotopic (exact) mass is 292 g/mol. The van der Waals surface area contributed by atoms with Gasteiger partial charge in [0.25, 0.3) is 0 Å². The Kier molecular flexibility index (Phi) is 4.75. The lowest BCUT2D eigenvalue weighted by atomic mass is 10.2. The zero-order valence-corrected chi connectivity index (χ0v) is 12.4. The Morgan fingerprint density at radius 1 is 1.38 bits per heavy atom. The predicted octanol–water partition coefficient (Wildman–Crippen LogP) is 0.926. The summed E-state index contributed by atoms with van der Waals surface area (Å²) >= 11 is 0. The number of piperazine rings is 1. The molecule has 0 unspecified atom stereocenters. The van der Waals surface area contributed by atoms with Gasteiger partial charge in [0.1, 0.15) is 5.69 Å². The topological polar surface area (TPSA) is 91.2 Å². The lowest BCUT2D eigenvalue weighted by molar-refractivity contribution is -0.384. The molecule has 114 valence electrons. The third kappa shape index (κ3) is 3.13. The van der Waals surface area contributed by atoms with Crippen LogP contribution in [0, 0.1) is 21.4 Å². The van der Waals surface area contributed by atoms with Crippen molar-refractivity contribution in [3.8, 4) is 6.07 Å². The lowest BCUT2D eigenvalue weighted by Crippen LogP contribution is -2.47.